The Kier molecular flexibility index (Phi) is 1.85. The zero-order valence-electron chi connectivity index (χ0n) is 8.35. The molecule has 0 aliphatic carbocycles. The van der Waals surface area contributed by atoms with Crippen molar-refractivity contribution >= 4 is 11.5 Å². The number of aromatic nitrogens is 3. The van der Waals surface area contributed by atoms with Crippen LogP contribution in [-0.2, 0) is 0 Å². The average molecular weight is 203 g/mol. The maximum absolute atomic E-state index is 5.76. The van der Waals surface area contributed by atoms with E-state index < -0.39 is 0 Å². The monoisotopic (exact) mass is 203 g/mol. The van der Waals surface area contributed by atoms with Crippen LogP contribution in [0, 0.1) is 0 Å². The van der Waals surface area contributed by atoms with Crippen LogP contribution < -0.4 is 11.1 Å². The van der Waals surface area contributed by atoms with Crippen LogP contribution in [0.25, 0.3) is 5.65 Å². The van der Waals surface area contributed by atoms with Crippen LogP contribution in [0.15, 0.2) is 18.6 Å². The van der Waals surface area contributed by atoms with Gasteiger partial charge in [0.05, 0.1) is 5.69 Å². The third-order valence-electron chi connectivity index (χ3n) is 2.90. The number of nitrogens with two attached hydrogens (primary N) is 1. The van der Waals surface area contributed by atoms with Gasteiger partial charge in [-0.1, -0.05) is 0 Å². The summed E-state index contributed by atoms with van der Waals surface area (Å²) < 4.78 is 1.94. The molecule has 1 atom stereocenters. The van der Waals surface area contributed by atoms with Crippen molar-refractivity contribution in [3.05, 3.63) is 24.3 Å². The SMILES string of the molecule is Nc1nccn2cc([C@H]3CCNC3)nc12. The van der Waals surface area contributed by atoms with Gasteiger partial charge in [0.2, 0.25) is 0 Å². The fourth-order valence-corrected chi connectivity index (χ4v) is 2.06. The first kappa shape index (κ1) is 8.67. The molecule has 3 rings (SSSR count). The number of hydrogen-bond acceptors (Lipinski definition) is 4. The lowest BCUT2D eigenvalue weighted by Gasteiger charge is -2.01. The number of imidazole rings is 1. The van der Waals surface area contributed by atoms with E-state index in [9.17, 15) is 0 Å². The summed E-state index contributed by atoms with van der Waals surface area (Å²) in [5, 5.41) is 3.33. The Balaban J connectivity index is 2.09. The number of nitrogen functional groups attached to an aromatic ring is 1. The van der Waals surface area contributed by atoms with Gasteiger partial charge in [0.1, 0.15) is 0 Å². The minimum absolute atomic E-state index is 0.495. The standard InChI is InChI=1S/C10H13N5/c11-9-10-14-8(7-1-2-12-5-7)6-15(10)4-3-13-9/h3-4,6-7,12H,1-2,5H2,(H2,11,13)/t7-/m0/s1. The molecule has 3 heterocycles. The third-order valence-corrected chi connectivity index (χ3v) is 2.90. The molecule has 2 aromatic heterocycles. The summed E-state index contributed by atoms with van der Waals surface area (Å²) in [7, 11) is 0. The van der Waals surface area contributed by atoms with Crippen LogP contribution in [0.1, 0.15) is 18.0 Å². The number of anilines is 1. The summed E-state index contributed by atoms with van der Waals surface area (Å²) in [5.41, 5.74) is 7.63. The number of hydrogen-bond donors (Lipinski definition) is 2. The van der Waals surface area contributed by atoms with Gasteiger partial charge in [0.15, 0.2) is 11.5 Å². The predicted molar refractivity (Wildman–Crippen MR) is 57.6 cm³/mol. The summed E-state index contributed by atoms with van der Waals surface area (Å²) in [6, 6.07) is 0. The molecule has 0 bridgehead atoms. The van der Waals surface area contributed by atoms with Crippen LogP contribution in [0.4, 0.5) is 5.82 Å². The van der Waals surface area contributed by atoms with E-state index in [1.54, 1.807) is 6.20 Å². The molecule has 0 radical (unpaired) electrons. The zero-order chi connectivity index (χ0) is 10.3. The lowest BCUT2D eigenvalue weighted by Crippen LogP contribution is -2.08. The van der Waals surface area contributed by atoms with E-state index >= 15 is 0 Å². The molecule has 1 saturated heterocycles. The highest BCUT2D eigenvalue weighted by molar-refractivity contribution is 5.59. The van der Waals surface area contributed by atoms with E-state index in [4.69, 9.17) is 5.73 Å². The van der Waals surface area contributed by atoms with E-state index in [-0.39, 0.29) is 0 Å². The molecule has 3 N–H and O–H groups in total. The first-order chi connectivity index (χ1) is 7.34. The van der Waals surface area contributed by atoms with Crippen molar-refractivity contribution in [3.63, 3.8) is 0 Å². The van der Waals surface area contributed by atoms with E-state index in [1.165, 1.54) is 0 Å². The van der Waals surface area contributed by atoms with Gasteiger partial charge in [-0.2, -0.15) is 0 Å². The van der Waals surface area contributed by atoms with E-state index in [1.807, 2.05) is 16.8 Å². The van der Waals surface area contributed by atoms with Gasteiger partial charge in [0, 0.05) is 31.1 Å². The second-order valence-electron chi connectivity index (χ2n) is 3.90. The van der Waals surface area contributed by atoms with Crippen molar-refractivity contribution in [1.82, 2.24) is 19.7 Å². The maximum atomic E-state index is 5.76. The van der Waals surface area contributed by atoms with Crippen LogP contribution >= 0.6 is 0 Å². The lowest BCUT2D eigenvalue weighted by molar-refractivity contribution is 0.742. The van der Waals surface area contributed by atoms with Crippen molar-refractivity contribution in [2.24, 2.45) is 0 Å². The van der Waals surface area contributed by atoms with Gasteiger partial charge in [-0.05, 0) is 13.0 Å². The highest BCUT2D eigenvalue weighted by Crippen LogP contribution is 2.22. The summed E-state index contributed by atoms with van der Waals surface area (Å²) in [6.45, 7) is 2.09. The van der Waals surface area contributed by atoms with Crippen molar-refractivity contribution in [1.29, 1.82) is 0 Å². The van der Waals surface area contributed by atoms with Gasteiger partial charge in [0.25, 0.3) is 0 Å². The molecule has 1 fully saturated rings. The van der Waals surface area contributed by atoms with Crippen LogP contribution in [0.3, 0.4) is 0 Å². The van der Waals surface area contributed by atoms with Crippen molar-refractivity contribution in [3.8, 4) is 0 Å². The van der Waals surface area contributed by atoms with Crippen LogP contribution in [0.2, 0.25) is 0 Å². The molecule has 0 unspecified atom stereocenters. The molecule has 0 aromatic carbocycles. The summed E-state index contributed by atoms with van der Waals surface area (Å²) in [4.78, 5) is 8.56. The molecule has 15 heavy (non-hydrogen) atoms. The Bertz CT molecular complexity index is 484. The van der Waals surface area contributed by atoms with E-state index in [0.717, 1.165) is 30.9 Å². The molecule has 0 spiro atoms. The number of rotatable bonds is 1. The Hall–Kier alpha value is -1.62. The van der Waals surface area contributed by atoms with Crippen LogP contribution in [-0.4, -0.2) is 27.5 Å². The Morgan fingerprint density at radius 3 is 3.20 bits per heavy atom. The number of nitrogens with zero attached hydrogens (tertiary/aromatic N) is 3. The highest BCUT2D eigenvalue weighted by Gasteiger charge is 2.19. The van der Waals surface area contributed by atoms with Gasteiger partial charge in [-0.25, -0.2) is 9.97 Å². The summed E-state index contributed by atoms with van der Waals surface area (Å²) in [6.07, 6.45) is 6.77. The molecular weight excluding hydrogens is 190 g/mol. The van der Waals surface area contributed by atoms with Crippen molar-refractivity contribution in [2.75, 3.05) is 18.8 Å². The molecular formula is C10H13N5. The van der Waals surface area contributed by atoms with Gasteiger partial charge < -0.3 is 15.5 Å². The first-order valence-electron chi connectivity index (χ1n) is 5.14. The summed E-state index contributed by atoms with van der Waals surface area (Å²) >= 11 is 0. The Morgan fingerprint density at radius 1 is 1.53 bits per heavy atom. The highest BCUT2D eigenvalue weighted by atomic mass is 15.1. The quantitative estimate of drug-likeness (QED) is 0.703. The molecule has 0 amide bonds. The van der Waals surface area contributed by atoms with E-state index in [0.29, 0.717) is 11.7 Å². The van der Waals surface area contributed by atoms with Gasteiger partial charge in [-0.3, -0.25) is 0 Å². The minimum atomic E-state index is 0.495. The maximum Gasteiger partial charge on any atom is 0.180 e. The summed E-state index contributed by atoms with van der Waals surface area (Å²) in [5.74, 6) is 1.01. The second-order valence-corrected chi connectivity index (χ2v) is 3.90. The molecule has 1 aliphatic heterocycles. The molecule has 1 aliphatic rings. The van der Waals surface area contributed by atoms with Crippen molar-refractivity contribution < 1.29 is 0 Å². The fraction of sp³-hybridized carbons (Fsp3) is 0.400. The molecule has 78 valence electrons. The first-order valence-corrected chi connectivity index (χ1v) is 5.14. The lowest BCUT2D eigenvalue weighted by atomic mass is 10.1. The minimum Gasteiger partial charge on any atom is -0.381 e. The molecule has 5 nitrogen and oxygen atoms in total. The normalized spacial score (nSPS) is 21.2. The second kappa shape index (κ2) is 3.20. The fourth-order valence-electron chi connectivity index (χ4n) is 2.06. The van der Waals surface area contributed by atoms with E-state index in [2.05, 4.69) is 15.3 Å². The van der Waals surface area contributed by atoms with Gasteiger partial charge >= 0.3 is 0 Å². The van der Waals surface area contributed by atoms with Gasteiger partial charge in [-0.15, -0.1) is 0 Å². The third kappa shape index (κ3) is 1.35. The smallest absolute Gasteiger partial charge is 0.180 e. The largest absolute Gasteiger partial charge is 0.381 e. The topological polar surface area (TPSA) is 68.2 Å². The zero-order valence-corrected chi connectivity index (χ0v) is 8.35. The molecule has 2 aromatic rings. The average Bonchev–Trinajstić information content (AvgIpc) is 2.86. The van der Waals surface area contributed by atoms with Crippen LogP contribution in [0.5, 0.6) is 0 Å². The number of nitrogens with one attached hydrogen (secondary N) is 1. The molecule has 5 heteroatoms. The molecule has 0 saturated carbocycles. The number of fused-ring (bicyclic) bond motifs is 1. The Morgan fingerprint density at radius 2 is 2.47 bits per heavy atom. The van der Waals surface area contributed by atoms with Crippen molar-refractivity contribution in [2.45, 2.75) is 12.3 Å². The predicted octanol–water partition coefficient (Wildman–Crippen LogP) is 0.388. The Labute approximate surface area is 87.3 Å².